The van der Waals surface area contributed by atoms with Gasteiger partial charge in [-0.3, -0.25) is 9.59 Å². The number of fused-ring (bicyclic) bond motifs is 1. The van der Waals surface area contributed by atoms with Gasteiger partial charge in [-0.1, -0.05) is 17.7 Å². The van der Waals surface area contributed by atoms with Crippen molar-refractivity contribution in [1.29, 1.82) is 0 Å². The first-order valence-electron chi connectivity index (χ1n) is 10.1. The second-order valence-corrected chi connectivity index (χ2v) is 9.21. The molecule has 0 unspecified atom stereocenters. The number of nitrogens with zero attached hydrogens (tertiary/aromatic N) is 2. The van der Waals surface area contributed by atoms with Crippen LogP contribution in [0.2, 0.25) is 0 Å². The molecule has 0 radical (unpaired) electrons. The van der Waals surface area contributed by atoms with Crippen LogP contribution in [0.25, 0.3) is 6.08 Å². The molecule has 0 atom stereocenters. The number of aromatic nitrogens is 1. The standard InChI is InChI=1S/C23H23N3O2S/c27-20(26-9-5-16(6-10-26)13-19-2-1-11-29-19)4-3-17-12-18-14-23(7-8-23)22(28)25-21(18)24-15-17/h1-5,11-12,15H,6-10,13-14H2,(H,24,25,28). The SMILES string of the molecule is O=C(C=Cc1cnc2c(c1)CC1(CC1)C(=O)N2)N1CC=C(Cc2cccs2)CC1. The van der Waals surface area contributed by atoms with Gasteiger partial charge in [0.1, 0.15) is 5.82 Å². The highest BCUT2D eigenvalue weighted by atomic mass is 32.1. The molecular formula is C23H23N3O2S. The van der Waals surface area contributed by atoms with Crippen molar-refractivity contribution in [1.82, 2.24) is 9.88 Å². The summed E-state index contributed by atoms with van der Waals surface area (Å²) in [5.41, 5.74) is 3.18. The van der Waals surface area contributed by atoms with Crippen LogP contribution in [0, 0.1) is 5.41 Å². The molecule has 4 heterocycles. The Morgan fingerprint density at radius 1 is 1.38 bits per heavy atom. The van der Waals surface area contributed by atoms with Crippen molar-refractivity contribution in [2.45, 2.75) is 32.1 Å². The van der Waals surface area contributed by atoms with Crippen LogP contribution >= 0.6 is 11.3 Å². The minimum absolute atomic E-state index is 0.0288. The predicted octanol–water partition coefficient (Wildman–Crippen LogP) is 3.83. The molecule has 1 fully saturated rings. The molecule has 0 saturated heterocycles. The summed E-state index contributed by atoms with van der Waals surface area (Å²) in [6.07, 6.45) is 11.9. The van der Waals surface area contributed by atoms with Gasteiger partial charge in [-0.2, -0.15) is 0 Å². The number of hydrogen-bond donors (Lipinski definition) is 1. The van der Waals surface area contributed by atoms with Gasteiger partial charge >= 0.3 is 0 Å². The molecule has 5 nitrogen and oxygen atoms in total. The van der Waals surface area contributed by atoms with E-state index in [2.05, 4.69) is 33.9 Å². The first-order valence-corrected chi connectivity index (χ1v) is 11.0. The maximum atomic E-state index is 12.6. The van der Waals surface area contributed by atoms with E-state index >= 15 is 0 Å². The molecule has 2 aromatic rings. The van der Waals surface area contributed by atoms with E-state index in [-0.39, 0.29) is 17.2 Å². The molecule has 5 rings (SSSR count). The summed E-state index contributed by atoms with van der Waals surface area (Å²) in [6, 6.07) is 6.29. The van der Waals surface area contributed by atoms with E-state index in [0.717, 1.165) is 49.8 Å². The van der Waals surface area contributed by atoms with Gasteiger partial charge < -0.3 is 10.2 Å². The Morgan fingerprint density at radius 3 is 3.00 bits per heavy atom. The molecule has 1 saturated carbocycles. The number of nitrogens with one attached hydrogen (secondary N) is 1. The monoisotopic (exact) mass is 405 g/mol. The second kappa shape index (κ2) is 7.26. The van der Waals surface area contributed by atoms with E-state index in [1.54, 1.807) is 23.6 Å². The highest BCUT2D eigenvalue weighted by Crippen LogP contribution is 2.52. The summed E-state index contributed by atoms with van der Waals surface area (Å²) >= 11 is 1.78. The van der Waals surface area contributed by atoms with Crippen LogP contribution in [0.15, 0.2) is 47.5 Å². The zero-order valence-electron chi connectivity index (χ0n) is 16.2. The predicted molar refractivity (Wildman–Crippen MR) is 115 cm³/mol. The largest absolute Gasteiger partial charge is 0.335 e. The average Bonchev–Trinajstić information content (AvgIpc) is 3.32. The maximum absolute atomic E-state index is 12.6. The van der Waals surface area contributed by atoms with Gasteiger partial charge in [-0.05, 0) is 60.4 Å². The highest BCUT2D eigenvalue weighted by Gasteiger charge is 2.52. The van der Waals surface area contributed by atoms with Gasteiger partial charge in [0.2, 0.25) is 11.8 Å². The van der Waals surface area contributed by atoms with Gasteiger partial charge in [-0.15, -0.1) is 11.3 Å². The molecule has 1 spiro atoms. The average molecular weight is 406 g/mol. The topological polar surface area (TPSA) is 62.3 Å². The fourth-order valence-electron chi connectivity index (χ4n) is 4.09. The Bertz CT molecular complexity index is 1020. The number of anilines is 1. The van der Waals surface area contributed by atoms with E-state index in [0.29, 0.717) is 12.4 Å². The fourth-order valence-corrected chi connectivity index (χ4v) is 4.85. The van der Waals surface area contributed by atoms with Crippen LogP contribution in [0.1, 0.15) is 35.3 Å². The Hall–Kier alpha value is -2.73. The quantitative estimate of drug-likeness (QED) is 0.621. The molecule has 0 bridgehead atoms. The van der Waals surface area contributed by atoms with Crippen LogP contribution < -0.4 is 5.32 Å². The lowest BCUT2D eigenvalue weighted by molar-refractivity contribution is -0.125. The summed E-state index contributed by atoms with van der Waals surface area (Å²) < 4.78 is 0. The van der Waals surface area contributed by atoms with Crippen LogP contribution in [0.3, 0.4) is 0 Å². The van der Waals surface area contributed by atoms with E-state index < -0.39 is 0 Å². The lowest BCUT2D eigenvalue weighted by atomic mass is 9.92. The number of carbonyl (C=O) groups is 2. The van der Waals surface area contributed by atoms with Gasteiger partial charge in [0.25, 0.3) is 0 Å². The lowest BCUT2D eigenvalue weighted by Gasteiger charge is -2.25. The molecule has 0 aromatic carbocycles. The second-order valence-electron chi connectivity index (χ2n) is 8.17. The third-order valence-corrected chi connectivity index (χ3v) is 6.97. The third-order valence-electron chi connectivity index (χ3n) is 6.10. The van der Waals surface area contributed by atoms with Crippen molar-refractivity contribution >= 4 is 35.0 Å². The molecular weight excluding hydrogens is 382 g/mol. The Labute approximate surface area is 174 Å². The van der Waals surface area contributed by atoms with Gasteiger partial charge in [0, 0.05) is 36.7 Å². The summed E-state index contributed by atoms with van der Waals surface area (Å²) in [6.45, 7) is 1.43. The minimum atomic E-state index is -0.201. The number of hydrogen-bond acceptors (Lipinski definition) is 4. The molecule has 1 N–H and O–H groups in total. The van der Waals surface area contributed by atoms with Crippen LogP contribution in [-0.2, 0) is 22.4 Å². The van der Waals surface area contributed by atoms with Crippen molar-refractivity contribution in [3.63, 3.8) is 0 Å². The van der Waals surface area contributed by atoms with Gasteiger partial charge in [0.15, 0.2) is 0 Å². The summed E-state index contributed by atoms with van der Waals surface area (Å²) in [5, 5.41) is 5.03. The number of pyridine rings is 1. The van der Waals surface area contributed by atoms with E-state index in [9.17, 15) is 9.59 Å². The molecule has 2 aromatic heterocycles. The van der Waals surface area contributed by atoms with E-state index in [1.807, 2.05) is 17.0 Å². The molecule has 29 heavy (non-hydrogen) atoms. The van der Waals surface area contributed by atoms with Crippen LogP contribution in [-0.4, -0.2) is 34.8 Å². The summed E-state index contributed by atoms with van der Waals surface area (Å²) in [7, 11) is 0. The van der Waals surface area contributed by atoms with Crippen LogP contribution in [0.4, 0.5) is 5.82 Å². The smallest absolute Gasteiger partial charge is 0.246 e. The van der Waals surface area contributed by atoms with Gasteiger partial charge in [-0.25, -0.2) is 4.98 Å². The van der Waals surface area contributed by atoms with Crippen molar-refractivity contribution < 1.29 is 9.59 Å². The minimum Gasteiger partial charge on any atom is -0.335 e. The summed E-state index contributed by atoms with van der Waals surface area (Å²) in [4.78, 5) is 32.3. The fraction of sp³-hybridized carbons (Fsp3) is 0.348. The van der Waals surface area contributed by atoms with Crippen molar-refractivity contribution in [2.24, 2.45) is 5.41 Å². The lowest BCUT2D eigenvalue weighted by Crippen LogP contribution is -2.33. The first-order chi connectivity index (χ1) is 14.1. The maximum Gasteiger partial charge on any atom is 0.246 e. The van der Waals surface area contributed by atoms with Crippen molar-refractivity contribution in [3.8, 4) is 0 Å². The molecule has 3 aliphatic rings. The third kappa shape index (κ3) is 3.77. The zero-order chi connectivity index (χ0) is 19.8. The Balaban J connectivity index is 1.21. The molecule has 2 amide bonds. The number of thiophene rings is 1. The normalized spacial score (nSPS) is 19.8. The van der Waals surface area contributed by atoms with E-state index in [4.69, 9.17) is 0 Å². The highest BCUT2D eigenvalue weighted by molar-refractivity contribution is 7.09. The zero-order valence-corrected chi connectivity index (χ0v) is 17.0. The molecule has 6 heteroatoms. The first kappa shape index (κ1) is 18.3. The van der Waals surface area contributed by atoms with Crippen molar-refractivity contribution in [3.05, 3.63) is 63.5 Å². The number of carbonyl (C=O) groups excluding carboxylic acids is 2. The van der Waals surface area contributed by atoms with Crippen LogP contribution in [0.5, 0.6) is 0 Å². The summed E-state index contributed by atoms with van der Waals surface area (Å²) in [5.74, 6) is 0.795. The molecule has 1 aliphatic carbocycles. The Morgan fingerprint density at radius 2 is 2.28 bits per heavy atom. The Kier molecular flexibility index (Phi) is 4.59. The van der Waals surface area contributed by atoms with Gasteiger partial charge in [0.05, 0.1) is 5.41 Å². The van der Waals surface area contributed by atoms with Crippen molar-refractivity contribution in [2.75, 3.05) is 18.4 Å². The molecule has 148 valence electrons. The van der Waals surface area contributed by atoms with E-state index in [1.165, 1.54) is 10.5 Å². The molecule has 2 aliphatic heterocycles. The number of rotatable bonds is 4. The number of amides is 2.